The minimum absolute atomic E-state index is 0.247. The van der Waals surface area contributed by atoms with Crippen LogP contribution in [0.15, 0.2) is 30.6 Å². The molecule has 0 spiro atoms. The summed E-state index contributed by atoms with van der Waals surface area (Å²) in [6.45, 7) is 3.94. The highest BCUT2D eigenvalue weighted by Crippen LogP contribution is 2.22. The molecule has 5 heteroatoms. The molecule has 1 fully saturated rings. The van der Waals surface area contributed by atoms with Crippen molar-refractivity contribution >= 4 is 5.82 Å². The summed E-state index contributed by atoms with van der Waals surface area (Å²) in [5, 5.41) is 0. The summed E-state index contributed by atoms with van der Waals surface area (Å²) in [6, 6.07) is 6.21. The molecule has 0 bridgehead atoms. The topological polar surface area (TPSA) is 67.9 Å². The van der Waals surface area contributed by atoms with Gasteiger partial charge >= 0.3 is 0 Å². The van der Waals surface area contributed by atoms with E-state index in [1.165, 1.54) is 0 Å². The lowest BCUT2D eigenvalue weighted by atomic mass is 10.2. The first kappa shape index (κ1) is 13.0. The third kappa shape index (κ3) is 2.63. The molecule has 2 aromatic heterocycles. The maximum Gasteiger partial charge on any atom is 0.163 e. The first-order valence-corrected chi connectivity index (χ1v) is 7.05. The van der Waals surface area contributed by atoms with Gasteiger partial charge in [0.1, 0.15) is 5.82 Å². The van der Waals surface area contributed by atoms with Crippen molar-refractivity contribution < 1.29 is 0 Å². The zero-order chi connectivity index (χ0) is 13.9. The molecule has 0 aromatic carbocycles. The van der Waals surface area contributed by atoms with Crippen molar-refractivity contribution in [2.45, 2.75) is 25.8 Å². The van der Waals surface area contributed by atoms with Crippen LogP contribution in [0.1, 0.15) is 19.0 Å². The molecule has 1 unspecified atom stereocenters. The summed E-state index contributed by atoms with van der Waals surface area (Å²) in [5.41, 5.74) is 7.99. The molecule has 20 heavy (non-hydrogen) atoms. The molecule has 5 nitrogen and oxygen atoms in total. The summed E-state index contributed by atoms with van der Waals surface area (Å²) in [5.74, 6) is 1.72. The van der Waals surface area contributed by atoms with Crippen LogP contribution in [0.2, 0.25) is 0 Å². The monoisotopic (exact) mass is 269 g/mol. The van der Waals surface area contributed by atoms with Crippen LogP contribution >= 0.6 is 0 Å². The quantitative estimate of drug-likeness (QED) is 0.917. The van der Waals surface area contributed by atoms with Crippen molar-refractivity contribution in [3.05, 3.63) is 36.3 Å². The fraction of sp³-hybridized carbons (Fsp3) is 0.400. The summed E-state index contributed by atoms with van der Waals surface area (Å²) in [4.78, 5) is 15.7. The van der Waals surface area contributed by atoms with Gasteiger partial charge in [-0.1, -0.05) is 6.92 Å². The van der Waals surface area contributed by atoms with Crippen molar-refractivity contribution in [2.24, 2.45) is 5.73 Å². The van der Waals surface area contributed by atoms with Crippen LogP contribution in [0.3, 0.4) is 0 Å². The van der Waals surface area contributed by atoms with E-state index in [1.54, 1.807) is 12.4 Å². The maximum absolute atomic E-state index is 5.99. The van der Waals surface area contributed by atoms with Gasteiger partial charge in [-0.25, -0.2) is 9.97 Å². The SMILES string of the molecule is CCc1cc(N2CCC(N)C2)nc(-c2cccnc2)n1. The van der Waals surface area contributed by atoms with Crippen LogP contribution in [0.5, 0.6) is 0 Å². The van der Waals surface area contributed by atoms with Crippen molar-refractivity contribution in [2.75, 3.05) is 18.0 Å². The number of nitrogens with two attached hydrogens (primary N) is 1. The van der Waals surface area contributed by atoms with Crippen LogP contribution in [0, 0.1) is 0 Å². The number of aryl methyl sites for hydroxylation is 1. The molecule has 3 heterocycles. The molecule has 104 valence electrons. The Balaban J connectivity index is 1.99. The van der Waals surface area contributed by atoms with E-state index in [9.17, 15) is 0 Å². The van der Waals surface area contributed by atoms with Gasteiger partial charge in [-0.3, -0.25) is 4.98 Å². The third-order valence-electron chi connectivity index (χ3n) is 3.60. The van der Waals surface area contributed by atoms with Gasteiger partial charge in [0.25, 0.3) is 0 Å². The minimum atomic E-state index is 0.247. The van der Waals surface area contributed by atoms with Crippen LogP contribution < -0.4 is 10.6 Å². The second kappa shape index (κ2) is 5.54. The summed E-state index contributed by atoms with van der Waals surface area (Å²) in [7, 11) is 0. The van der Waals surface area contributed by atoms with E-state index < -0.39 is 0 Å². The second-order valence-corrected chi connectivity index (χ2v) is 5.13. The van der Waals surface area contributed by atoms with E-state index in [0.29, 0.717) is 0 Å². The van der Waals surface area contributed by atoms with Gasteiger partial charge < -0.3 is 10.6 Å². The molecule has 3 rings (SSSR count). The summed E-state index contributed by atoms with van der Waals surface area (Å²) in [6.07, 6.45) is 5.47. The van der Waals surface area contributed by atoms with Gasteiger partial charge in [0.15, 0.2) is 5.82 Å². The number of hydrogen-bond donors (Lipinski definition) is 1. The highest BCUT2D eigenvalue weighted by atomic mass is 15.2. The average Bonchev–Trinajstić information content (AvgIpc) is 2.94. The highest BCUT2D eigenvalue weighted by Gasteiger charge is 2.21. The van der Waals surface area contributed by atoms with Crippen LogP contribution in [-0.2, 0) is 6.42 Å². The number of anilines is 1. The first-order valence-electron chi connectivity index (χ1n) is 7.05. The van der Waals surface area contributed by atoms with E-state index in [1.807, 2.05) is 12.1 Å². The lowest BCUT2D eigenvalue weighted by Gasteiger charge is -2.18. The second-order valence-electron chi connectivity index (χ2n) is 5.13. The summed E-state index contributed by atoms with van der Waals surface area (Å²) < 4.78 is 0. The Morgan fingerprint density at radius 1 is 1.40 bits per heavy atom. The lowest BCUT2D eigenvalue weighted by molar-refractivity contribution is 0.751. The van der Waals surface area contributed by atoms with Crippen LogP contribution in [0.25, 0.3) is 11.4 Å². The Bertz CT molecular complexity index is 584. The number of hydrogen-bond acceptors (Lipinski definition) is 5. The Hall–Kier alpha value is -2.01. The van der Waals surface area contributed by atoms with Gasteiger partial charge in [-0.2, -0.15) is 0 Å². The molecule has 0 saturated carbocycles. The number of rotatable bonds is 3. The summed E-state index contributed by atoms with van der Waals surface area (Å²) >= 11 is 0. The van der Waals surface area contributed by atoms with E-state index in [2.05, 4.69) is 32.8 Å². The molecule has 2 N–H and O–H groups in total. The van der Waals surface area contributed by atoms with Crippen molar-refractivity contribution in [3.8, 4) is 11.4 Å². The first-order chi connectivity index (χ1) is 9.76. The van der Waals surface area contributed by atoms with Crippen LogP contribution in [0.4, 0.5) is 5.82 Å². The fourth-order valence-corrected chi connectivity index (χ4v) is 2.45. The number of nitrogens with zero attached hydrogens (tertiary/aromatic N) is 4. The Morgan fingerprint density at radius 3 is 2.95 bits per heavy atom. The van der Waals surface area contributed by atoms with E-state index >= 15 is 0 Å². The van der Waals surface area contributed by atoms with Gasteiger partial charge in [0.2, 0.25) is 0 Å². The molecule has 1 aliphatic heterocycles. The Kier molecular flexibility index (Phi) is 3.60. The van der Waals surface area contributed by atoms with Crippen molar-refractivity contribution in [1.29, 1.82) is 0 Å². The standard InChI is InChI=1S/C15H19N5/c1-2-13-8-14(20-7-5-12(16)10-20)19-15(18-13)11-4-3-6-17-9-11/h3-4,6,8-9,12H,2,5,7,10,16H2,1H3. The smallest absolute Gasteiger partial charge is 0.163 e. The van der Waals surface area contributed by atoms with Crippen molar-refractivity contribution in [1.82, 2.24) is 15.0 Å². The molecule has 0 aliphatic carbocycles. The normalized spacial score (nSPS) is 18.5. The van der Waals surface area contributed by atoms with Gasteiger partial charge in [0, 0.05) is 48.8 Å². The highest BCUT2D eigenvalue weighted by molar-refractivity contribution is 5.57. The Labute approximate surface area is 118 Å². The van der Waals surface area contributed by atoms with E-state index in [4.69, 9.17) is 5.73 Å². The molecule has 1 saturated heterocycles. The van der Waals surface area contributed by atoms with Crippen molar-refractivity contribution in [3.63, 3.8) is 0 Å². The van der Waals surface area contributed by atoms with E-state index in [-0.39, 0.29) is 6.04 Å². The third-order valence-corrected chi connectivity index (χ3v) is 3.60. The van der Waals surface area contributed by atoms with Gasteiger partial charge in [-0.05, 0) is 25.0 Å². The maximum atomic E-state index is 5.99. The van der Waals surface area contributed by atoms with Crippen LogP contribution in [-0.4, -0.2) is 34.1 Å². The molecule has 1 atom stereocenters. The van der Waals surface area contributed by atoms with Gasteiger partial charge in [0.05, 0.1) is 0 Å². The zero-order valence-corrected chi connectivity index (χ0v) is 11.7. The zero-order valence-electron chi connectivity index (χ0n) is 11.7. The molecule has 0 radical (unpaired) electrons. The molecule has 1 aliphatic rings. The molecule has 0 amide bonds. The Morgan fingerprint density at radius 2 is 2.30 bits per heavy atom. The molecular weight excluding hydrogens is 250 g/mol. The predicted octanol–water partition coefficient (Wildman–Crippen LogP) is 1.64. The average molecular weight is 269 g/mol. The fourth-order valence-electron chi connectivity index (χ4n) is 2.45. The van der Waals surface area contributed by atoms with E-state index in [0.717, 1.165) is 48.8 Å². The lowest BCUT2D eigenvalue weighted by Crippen LogP contribution is -2.27. The minimum Gasteiger partial charge on any atom is -0.355 e. The number of aromatic nitrogens is 3. The van der Waals surface area contributed by atoms with Gasteiger partial charge in [-0.15, -0.1) is 0 Å². The predicted molar refractivity (Wildman–Crippen MR) is 79.4 cm³/mol. The molecule has 2 aromatic rings. The largest absolute Gasteiger partial charge is 0.355 e. The molecular formula is C15H19N5. The number of pyridine rings is 1.